The summed E-state index contributed by atoms with van der Waals surface area (Å²) in [6.45, 7) is 1.64. The van der Waals surface area contributed by atoms with Crippen LogP contribution in [-0.2, 0) is 0 Å². The molecule has 0 saturated heterocycles. The van der Waals surface area contributed by atoms with Crippen LogP contribution in [-0.4, -0.2) is 4.92 Å². The van der Waals surface area contributed by atoms with Crippen LogP contribution in [0.15, 0.2) is 40.9 Å². The van der Waals surface area contributed by atoms with E-state index in [1.165, 1.54) is 6.07 Å². The van der Waals surface area contributed by atoms with Crippen LogP contribution in [0.25, 0.3) is 0 Å². The van der Waals surface area contributed by atoms with Gasteiger partial charge in [-0.25, -0.2) is 8.78 Å². The third-order valence-corrected chi connectivity index (χ3v) is 3.46. The number of nitrogens with zero attached hydrogens (tertiary/aromatic N) is 1. The maximum atomic E-state index is 13.8. The highest BCUT2D eigenvalue weighted by Gasteiger charge is 2.15. The zero-order chi connectivity index (χ0) is 15.6. The minimum Gasteiger partial charge on any atom is -0.376 e. The fourth-order valence-electron chi connectivity index (χ4n) is 1.90. The van der Waals surface area contributed by atoms with E-state index in [-0.39, 0.29) is 11.4 Å². The number of nitro groups is 1. The first-order valence-corrected chi connectivity index (χ1v) is 6.83. The molecule has 0 aliphatic rings. The van der Waals surface area contributed by atoms with Crippen molar-refractivity contribution >= 4 is 27.3 Å². The number of halogens is 3. The molecule has 4 nitrogen and oxygen atoms in total. The Hall–Kier alpha value is -2.02. The van der Waals surface area contributed by atoms with Crippen molar-refractivity contribution < 1.29 is 13.7 Å². The summed E-state index contributed by atoms with van der Waals surface area (Å²) in [5.74, 6) is -1.08. The molecule has 0 heterocycles. The standard InChI is InChI=1S/C14H11BrF2N2O2/c1-8(11-4-2-9(15)6-13(11)17)18-14-7-10(19(20)21)3-5-12(14)16/h2-8,18H,1H3. The van der Waals surface area contributed by atoms with Crippen molar-refractivity contribution in [1.82, 2.24) is 0 Å². The second-order valence-electron chi connectivity index (χ2n) is 4.45. The molecule has 0 spiro atoms. The summed E-state index contributed by atoms with van der Waals surface area (Å²) in [7, 11) is 0. The molecule has 0 aromatic heterocycles. The van der Waals surface area contributed by atoms with E-state index in [0.717, 1.165) is 18.2 Å². The number of nitro benzene ring substituents is 1. The number of anilines is 1. The molecule has 0 amide bonds. The molecule has 1 unspecified atom stereocenters. The highest BCUT2D eigenvalue weighted by Crippen LogP contribution is 2.27. The van der Waals surface area contributed by atoms with Crippen LogP contribution in [0.5, 0.6) is 0 Å². The molecule has 0 fully saturated rings. The molecule has 21 heavy (non-hydrogen) atoms. The van der Waals surface area contributed by atoms with E-state index in [9.17, 15) is 18.9 Å². The highest BCUT2D eigenvalue weighted by molar-refractivity contribution is 9.10. The second-order valence-corrected chi connectivity index (χ2v) is 5.37. The van der Waals surface area contributed by atoms with Gasteiger partial charge in [0.2, 0.25) is 0 Å². The summed E-state index contributed by atoms with van der Waals surface area (Å²) < 4.78 is 28.1. The molecule has 0 bridgehead atoms. The molecule has 1 atom stereocenters. The summed E-state index contributed by atoms with van der Waals surface area (Å²) in [6.07, 6.45) is 0. The number of benzene rings is 2. The minimum absolute atomic E-state index is 0.0426. The lowest BCUT2D eigenvalue weighted by Crippen LogP contribution is -2.10. The van der Waals surface area contributed by atoms with Gasteiger partial charge in [0.1, 0.15) is 11.6 Å². The number of rotatable bonds is 4. The van der Waals surface area contributed by atoms with Gasteiger partial charge in [-0.1, -0.05) is 22.0 Å². The average Bonchev–Trinajstić information content (AvgIpc) is 2.40. The number of nitrogens with one attached hydrogen (secondary N) is 1. The maximum absolute atomic E-state index is 13.8. The summed E-state index contributed by atoms with van der Waals surface area (Å²) in [4.78, 5) is 10.1. The third kappa shape index (κ3) is 3.55. The van der Waals surface area contributed by atoms with Gasteiger partial charge in [-0.3, -0.25) is 10.1 Å². The molecule has 0 radical (unpaired) electrons. The third-order valence-electron chi connectivity index (χ3n) is 2.96. The van der Waals surface area contributed by atoms with Crippen LogP contribution in [0, 0.1) is 21.7 Å². The fourth-order valence-corrected chi connectivity index (χ4v) is 2.23. The Balaban J connectivity index is 2.28. The minimum atomic E-state index is -0.634. The molecular formula is C14H11BrF2N2O2. The van der Waals surface area contributed by atoms with Gasteiger partial charge >= 0.3 is 0 Å². The molecule has 7 heteroatoms. The lowest BCUT2D eigenvalue weighted by Gasteiger charge is -2.17. The van der Waals surface area contributed by atoms with Gasteiger partial charge in [0.15, 0.2) is 0 Å². The molecule has 2 aromatic rings. The van der Waals surface area contributed by atoms with Gasteiger partial charge < -0.3 is 5.32 Å². The molecule has 2 rings (SSSR count). The van der Waals surface area contributed by atoms with Crippen molar-refractivity contribution in [1.29, 1.82) is 0 Å². The van der Waals surface area contributed by atoms with E-state index in [0.29, 0.717) is 10.0 Å². The molecule has 0 aliphatic heterocycles. The van der Waals surface area contributed by atoms with E-state index in [1.807, 2.05) is 0 Å². The Bertz CT molecular complexity index is 695. The van der Waals surface area contributed by atoms with E-state index in [1.54, 1.807) is 19.1 Å². The quantitative estimate of drug-likeness (QED) is 0.631. The van der Waals surface area contributed by atoms with E-state index < -0.39 is 22.6 Å². The van der Waals surface area contributed by atoms with Crippen LogP contribution >= 0.6 is 15.9 Å². The molecule has 0 aliphatic carbocycles. The highest BCUT2D eigenvalue weighted by atomic mass is 79.9. The van der Waals surface area contributed by atoms with Crippen molar-refractivity contribution in [2.24, 2.45) is 0 Å². The van der Waals surface area contributed by atoms with Gasteiger partial charge in [0.25, 0.3) is 5.69 Å². The first kappa shape index (κ1) is 15.4. The van der Waals surface area contributed by atoms with Crippen LogP contribution < -0.4 is 5.32 Å². The van der Waals surface area contributed by atoms with Crippen molar-refractivity contribution in [3.63, 3.8) is 0 Å². The zero-order valence-corrected chi connectivity index (χ0v) is 12.5. The first-order valence-electron chi connectivity index (χ1n) is 6.04. The SMILES string of the molecule is CC(Nc1cc([N+](=O)[O-])ccc1F)c1ccc(Br)cc1F. The normalized spacial score (nSPS) is 12.0. The average molecular weight is 357 g/mol. The molecular weight excluding hydrogens is 346 g/mol. The van der Waals surface area contributed by atoms with Crippen LogP contribution in [0.3, 0.4) is 0 Å². The van der Waals surface area contributed by atoms with Crippen molar-refractivity contribution in [2.75, 3.05) is 5.32 Å². The van der Waals surface area contributed by atoms with Gasteiger partial charge in [0.05, 0.1) is 16.7 Å². The summed E-state index contributed by atoms with van der Waals surface area (Å²) in [5, 5.41) is 13.4. The van der Waals surface area contributed by atoms with Crippen molar-refractivity contribution in [3.8, 4) is 0 Å². The predicted octanol–water partition coefficient (Wildman–Crippen LogP) is 4.81. The predicted molar refractivity (Wildman–Crippen MR) is 79.2 cm³/mol. The van der Waals surface area contributed by atoms with Gasteiger partial charge in [-0.05, 0) is 25.1 Å². The van der Waals surface area contributed by atoms with Gasteiger partial charge in [-0.2, -0.15) is 0 Å². The molecule has 0 saturated carbocycles. The van der Waals surface area contributed by atoms with Crippen LogP contribution in [0.1, 0.15) is 18.5 Å². The van der Waals surface area contributed by atoms with E-state index in [4.69, 9.17) is 0 Å². The Labute approximate surface area is 128 Å². The van der Waals surface area contributed by atoms with Crippen LogP contribution in [0.4, 0.5) is 20.2 Å². The zero-order valence-electron chi connectivity index (χ0n) is 10.9. The monoisotopic (exact) mass is 356 g/mol. The fraction of sp³-hybridized carbons (Fsp3) is 0.143. The van der Waals surface area contributed by atoms with Crippen molar-refractivity contribution in [2.45, 2.75) is 13.0 Å². The Morgan fingerprint density at radius 2 is 1.90 bits per heavy atom. The molecule has 2 aromatic carbocycles. The second kappa shape index (κ2) is 6.17. The maximum Gasteiger partial charge on any atom is 0.271 e. The summed E-state index contributed by atoms with van der Waals surface area (Å²) >= 11 is 3.15. The van der Waals surface area contributed by atoms with E-state index in [2.05, 4.69) is 21.2 Å². The van der Waals surface area contributed by atoms with E-state index >= 15 is 0 Å². The van der Waals surface area contributed by atoms with Gasteiger partial charge in [0, 0.05) is 22.2 Å². The lowest BCUT2D eigenvalue weighted by molar-refractivity contribution is -0.384. The number of hydrogen-bond acceptors (Lipinski definition) is 3. The summed E-state index contributed by atoms with van der Waals surface area (Å²) in [5.41, 5.74) is 0.0607. The number of hydrogen-bond donors (Lipinski definition) is 1. The largest absolute Gasteiger partial charge is 0.376 e. The molecule has 1 N–H and O–H groups in total. The topological polar surface area (TPSA) is 55.2 Å². The lowest BCUT2D eigenvalue weighted by atomic mass is 10.1. The van der Waals surface area contributed by atoms with Gasteiger partial charge in [-0.15, -0.1) is 0 Å². The van der Waals surface area contributed by atoms with Crippen molar-refractivity contribution in [3.05, 3.63) is 68.2 Å². The Morgan fingerprint density at radius 1 is 1.19 bits per heavy atom. The summed E-state index contributed by atoms with van der Waals surface area (Å²) in [6, 6.07) is 7.15. The Morgan fingerprint density at radius 3 is 2.52 bits per heavy atom. The number of non-ortho nitro benzene ring substituents is 1. The Kier molecular flexibility index (Phi) is 4.52. The first-order chi connectivity index (χ1) is 9.88. The smallest absolute Gasteiger partial charge is 0.271 e. The molecule has 110 valence electrons. The van der Waals surface area contributed by atoms with Crippen LogP contribution in [0.2, 0.25) is 0 Å².